The molecule has 0 radical (unpaired) electrons. The van der Waals surface area contributed by atoms with Gasteiger partial charge in [-0.25, -0.2) is 9.78 Å². The zero-order valence-electron chi connectivity index (χ0n) is 14.1. The molecule has 2 N–H and O–H groups in total. The summed E-state index contributed by atoms with van der Waals surface area (Å²) in [5, 5.41) is 3.16. The normalized spacial score (nSPS) is 12.3. The molecule has 0 aliphatic carbocycles. The molecule has 0 aliphatic heterocycles. The number of hydrogen-bond acceptors (Lipinski definition) is 4. The maximum atomic E-state index is 11.3. The van der Waals surface area contributed by atoms with E-state index in [1.54, 1.807) is 0 Å². The Morgan fingerprint density at radius 1 is 0.909 bits per heavy atom. The summed E-state index contributed by atoms with van der Waals surface area (Å²) in [6.45, 7) is 13.1. The maximum absolute atomic E-state index is 11.3. The van der Waals surface area contributed by atoms with Gasteiger partial charge in [-0.1, -0.05) is 47.6 Å². The van der Waals surface area contributed by atoms with Crippen LogP contribution in [0.4, 0.5) is 11.6 Å². The van der Waals surface area contributed by atoms with Crippen molar-refractivity contribution in [3.05, 3.63) is 46.1 Å². The van der Waals surface area contributed by atoms with Gasteiger partial charge < -0.3 is 5.32 Å². The molecule has 118 valence electrons. The molecule has 0 fully saturated rings. The van der Waals surface area contributed by atoms with Gasteiger partial charge >= 0.3 is 5.69 Å². The third kappa shape index (κ3) is 3.93. The Balaban J connectivity index is 2.48. The van der Waals surface area contributed by atoms with Crippen molar-refractivity contribution in [2.24, 2.45) is 0 Å². The zero-order chi connectivity index (χ0) is 16.5. The quantitative estimate of drug-likeness (QED) is 0.890. The lowest BCUT2D eigenvalue weighted by Gasteiger charge is -2.26. The average molecular weight is 300 g/mol. The van der Waals surface area contributed by atoms with Crippen molar-refractivity contribution < 1.29 is 0 Å². The monoisotopic (exact) mass is 300 g/mol. The molecule has 2 rings (SSSR count). The smallest absolute Gasteiger partial charge is 0.326 e. The van der Waals surface area contributed by atoms with Gasteiger partial charge in [0, 0.05) is 5.69 Å². The van der Waals surface area contributed by atoms with Gasteiger partial charge in [0.15, 0.2) is 0 Å². The van der Waals surface area contributed by atoms with Gasteiger partial charge in [0.2, 0.25) is 5.95 Å². The van der Waals surface area contributed by atoms with Gasteiger partial charge in [-0.15, -0.1) is 0 Å². The molecule has 5 heteroatoms. The second-order valence-electron chi connectivity index (χ2n) is 7.58. The van der Waals surface area contributed by atoms with Crippen LogP contribution in [-0.4, -0.2) is 15.0 Å². The highest BCUT2D eigenvalue weighted by Gasteiger charge is 2.20. The van der Waals surface area contributed by atoms with E-state index in [1.807, 2.05) is 0 Å². The van der Waals surface area contributed by atoms with Crippen LogP contribution in [0.15, 0.2) is 29.3 Å². The van der Waals surface area contributed by atoms with E-state index in [0.717, 1.165) is 5.69 Å². The molecule has 0 aliphatic rings. The number of benzene rings is 1. The molecule has 1 aromatic heterocycles. The second-order valence-corrected chi connectivity index (χ2v) is 7.58. The summed E-state index contributed by atoms with van der Waals surface area (Å²) in [6.07, 6.45) is 1.25. The minimum Gasteiger partial charge on any atom is -0.326 e. The summed E-state index contributed by atoms with van der Waals surface area (Å²) in [7, 11) is 0. The van der Waals surface area contributed by atoms with E-state index < -0.39 is 5.69 Å². The topological polar surface area (TPSA) is 70.7 Å². The Morgan fingerprint density at radius 3 is 1.91 bits per heavy atom. The van der Waals surface area contributed by atoms with Crippen LogP contribution in [0.5, 0.6) is 0 Å². The third-order valence-corrected chi connectivity index (χ3v) is 3.51. The molecule has 1 heterocycles. The molecule has 0 unspecified atom stereocenters. The standard InChI is InChI=1S/C17H24N4O/c1-16(2,3)11-7-12(17(4,5)6)9-13(8-11)20-14-18-10-19-15(22)21-14/h7-10H,1-6H3,(H2,18,19,20,21,22). The summed E-state index contributed by atoms with van der Waals surface area (Å²) < 4.78 is 0. The van der Waals surface area contributed by atoms with Gasteiger partial charge in [0.25, 0.3) is 0 Å². The number of nitrogens with zero attached hydrogens (tertiary/aromatic N) is 2. The first kappa shape index (κ1) is 16.2. The van der Waals surface area contributed by atoms with E-state index in [1.165, 1.54) is 17.5 Å². The molecule has 5 nitrogen and oxygen atoms in total. The van der Waals surface area contributed by atoms with E-state index >= 15 is 0 Å². The molecule has 0 spiro atoms. The lowest BCUT2D eigenvalue weighted by Crippen LogP contribution is -2.17. The molecule has 0 saturated heterocycles. The summed E-state index contributed by atoms with van der Waals surface area (Å²) in [4.78, 5) is 21.4. The van der Waals surface area contributed by atoms with Crippen LogP contribution in [0.25, 0.3) is 0 Å². The van der Waals surface area contributed by atoms with Gasteiger partial charge in [0.1, 0.15) is 6.33 Å². The third-order valence-electron chi connectivity index (χ3n) is 3.51. The fourth-order valence-electron chi connectivity index (χ4n) is 2.07. The minimum absolute atomic E-state index is 0.0385. The summed E-state index contributed by atoms with van der Waals surface area (Å²) in [6, 6.07) is 6.43. The molecular weight excluding hydrogens is 276 g/mol. The summed E-state index contributed by atoms with van der Waals surface area (Å²) >= 11 is 0. The first-order valence-corrected chi connectivity index (χ1v) is 7.40. The highest BCUT2D eigenvalue weighted by atomic mass is 16.1. The van der Waals surface area contributed by atoms with Gasteiger partial charge in [-0.2, -0.15) is 4.98 Å². The van der Waals surface area contributed by atoms with Crippen LogP contribution < -0.4 is 11.0 Å². The van der Waals surface area contributed by atoms with Crippen LogP contribution in [0.3, 0.4) is 0 Å². The Labute approximate surface area is 131 Å². The van der Waals surface area contributed by atoms with Crippen LogP contribution in [0, 0.1) is 0 Å². The number of hydrogen-bond donors (Lipinski definition) is 2. The number of nitrogens with one attached hydrogen (secondary N) is 2. The molecular formula is C17H24N4O. The van der Waals surface area contributed by atoms with Crippen molar-refractivity contribution in [3.8, 4) is 0 Å². The lowest BCUT2D eigenvalue weighted by molar-refractivity contribution is 0.569. The van der Waals surface area contributed by atoms with Gasteiger partial charge in [-0.3, -0.25) is 4.98 Å². The number of aromatic amines is 1. The molecule has 1 aromatic carbocycles. The summed E-state index contributed by atoms with van der Waals surface area (Å²) in [5.41, 5.74) is 3.04. The van der Waals surface area contributed by atoms with Crippen molar-refractivity contribution in [2.45, 2.75) is 52.4 Å². The maximum Gasteiger partial charge on any atom is 0.349 e. The van der Waals surface area contributed by atoms with E-state index in [2.05, 4.69) is 80.0 Å². The van der Waals surface area contributed by atoms with Crippen molar-refractivity contribution in [1.82, 2.24) is 15.0 Å². The fraction of sp³-hybridized carbons (Fsp3) is 0.471. The average Bonchev–Trinajstić information content (AvgIpc) is 2.36. The fourth-order valence-corrected chi connectivity index (χ4v) is 2.07. The summed E-state index contributed by atoms with van der Waals surface area (Å²) in [5.74, 6) is 0.394. The van der Waals surface area contributed by atoms with Crippen molar-refractivity contribution >= 4 is 11.6 Å². The van der Waals surface area contributed by atoms with E-state index in [4.69, 9.17) is 0 Å². The largest absolute Gasteiger partial charge is 0.349 e. The van der Waals surface area contributed by atoms with Crippen LogP contribution in [-0.2, 0) is 10.8 Å². The predicted octanol–water partition coefficient (Wildman–Crippen LogP) is 3.50. The Hall–Kier alpha value is -2.17. The van der Waals surface area contributed by atoms with E-state index in [-0.39, 0.29) is 10.8 Å². The SMILES string of the molecule is CC(C)(C)c1cc(Nc2ncnc(=O)[nH]2)cc(C(C)(C)C)c1. The molecule has 0 saturated carbocycles. The Morgan fingerprint density at radius 2 is 1.45 bits per heavy atom. The van der Waals surface area contributed by atoms with Crippen LogP contribution in [0.2, 0.25) is 0 Å². The molecule has 0 atom stereocenters. The van der Waals surface area contributed by atoms with Gasteiger partial charge in [0.05, 0.1) is 0 Å². The first-order chi connectivity index (χ1) is 10.1. The van der Waals surface area contributed by atoms with Crippen molar-refractivity contribution in [2.75, 3.05) is 5.32 Å². The Kier molecular flexibility index (Phi) is 4.09. The predicted molar refractivity (Wildman–Crippen MR) is 89.8 cm³/mol. The molecule has 0 bridgehead atoms. The highest BCUT2D eigenvalue weighted by Crippen LogP contribution is 2.32. The van der Waals surface area contributed by atoms with Crippen LogP contribution >= 0.6 is 0 Å². The lowest BCUT2D eigenvalue weighted by atomic mass is 9.80. The highest BCUT2D eigenvalue weighted by molar-refractivity contribution is 5.57. The number of aromatic nitrogens is 3. The number of rotatable bonds is 2. The second kappa shape index (κ2) is 5.55. The van der Waals surface area contributed by atoms with Crippen molar-refractivity contribution in [1.29, 1.82) is 0 Å². The molecule has 0 amide bonds. The molecule has 22 heavy (non-hydrogen) atoms. The first-order valence-electron chi connectivity index (χ1n) is 7.40. The number of H-pyrrole nitrogens is 1. The number of anilines is 2. The Bertz CT molecular complexity index is 688. The van der Waals surface area contributed by atoms with Crippen molar-refractivity contribution in [3.63, 3.8) is 0 Å². The van der Waals surface area contributed by atoms with Crippen LogP contribution in [0.1, 0.15) is 52.7 Å². The van der Waals surface area contributed by atoms with E-state index in [9.17, 15) is 4.79 Å². The minimum atomic E-state index is -0.416. The van der Waals surface area contributed by atoms with Gasteiger partial charge in [-0.05, 0) is 34.1 Å². The molecule has 2 aromatic rings. The zero-order valence-corrected chi connectivity index (χ0v) is 14.1. The van der Waals surface area contributed by atoms with E-state index in [0.29, 0.717) is 5.95 Å².